The Kier molecular flexibility index (Phi) is 5.42. The molecule has 28 heavy (non-hydrogen) atoms. The summed E-state index contributed by atoms with van der Waals surface area (Å²) in [7, 11) is 1.43. The van der Waals surface area contributed by atoms with Crippen LogP contribution in [0.25, 0.3) is 0 Å². The van der Waals surface area contributed by atoms with Crippen molar-refractivity contribution >= 4 is 11.6 Å². The van der Waals surface area contributed by atoms with Crippen LogP contribution >= 0.6 is 0 Å². The maximum atomic E-state index is 13.6. The molecule has 1 aliphatic heterocycles. The van der Waals surface area contributed by atoms with Gasteiger partial charge in [0.05, 0.1) is 19.2 Å². The number of carbonyl (C=O) groups excluding carboxylic acids is 1. The molecule has 1 atom stereocenters. The monoisotopic (exact) mass is 392 g/mol. The smallest absolute Gasteiger partial charge is 0.438 e. The highest BCUT2D eigenvalue weighted by atomic mass is 19.4. The molecule has 1 heterocycles. The van der Waals surface area contributed by atoms with Crippen molar-refractivity contribution in [1.29, 1.82) is 0 Å². The summed E-state index contributed by atoms with van der Waals surface area (Å²) in [5, 5.41) is 14.4. The lowest BCUT2D eigenvalue weighted by Crippen LogP contribution is -2.56. The molecule has 5 nitrogen and oxygen atoms in total. The molecular weight excluding hydrogens is 373 g/mol. The highest BCUT2D eigenvalue weighted by Gasteiger charge is 2.63. The Morgan fingerprint density at radius 1 is 1.21 bits per heavy atom. The number of hydrogen-bond acceptors (Lipinski definition) is 4. The van der Waals surface area contributed by atoms with E-state index < -0.39 is 24.2 Å². The van der Waals surface area contributed by atoms with Gasteiger partial charge in [0.2, 0.25) is 5.91 Å². The topological polar surface area (TPSA) is 62.1 Å². The van der Waals surface area contributed by atoms with Crippen LogP contribution in [-0.4, -0.2) is 40.7 Å². The number of hydrogen-bond donors (Lipinski definition) is 1. The number of nitrogens with zero attached hydrogens (tertiary/aromatic N) is 2. The average molecular weight is 392 g/mol. The summed E-state index contributed by atoms with van der Waals surface area (Å²) >= 11 is 0. The second kappa shape index (κ2) is 7.63. The number of rotatable bonds is 5. The number of aryl methyl sites for hydroxylation is 1. The first-order valence-electron chi connectivity index (χ1n) is 8.62. The molecular formula is C20H19F3N2O3. The quantitative estimate of drug-likeness (QED) is 0.847. The van der Waals surface area contributed by atoms with Crippen LogP contribution in [0.3, 0.4) is 0 Å². The van der Waals surface area contributed by atoms with Crippen LogP contribution in [0.15, 0.2) is 59.7 Å². The molecule has 148 valence electrons. The molecule has 0 spiro atoms. The highest BCUT2D eigenvalue weighted by molar-refractivity contribution is 6.03. The Hall–Kier alpha value is -2.87. The number of benzene rings is 2. The van der Waals surface area contributed by atoms with E-state index in [1.165, 1.54) is 13.2 Å². The van der Waals surface area contributed by atoms with E-state index in [9.17, 15) is 23.1 Å². The van der Waals surface area contributed by atoms with Crippen molar-refractivity contribution in [1.82, 2.24) is 5.01 Å². The summed E-state index contributed by atoms with van der Waals surface area (Å²) in [4.78, 5) is 12.5. The van der Waals surface area contributed by atoms with Crippen LogP contribution in [0.1, 0.15) is 24.0 Å². The predicted octanol–water partition coefficient (Wildman–Crippen LogP) is 3.52. The maximum absolute atomic E-state index is 13.6. The van der Waals surface area contributed by atoms with Gasteiger partial charge < -0.3 is 9.84 Å². The van der Waals surface area contributed by atoms with E-state index in [1.807, 2.05) is 0 Å². The summed E-state index contributed by atoms with van der Waals surface area (Å²) in [5.74, 6) is -0.467. The van der Waals surface area contributed by atoms with Gasteiger partial charge in [-0.05, 0) is 24.1 Å². The third kappa shape index (κ3) is 3.87. The second-order valence-corrected chi connectivity index (χ2v) is 6.46. The number of aliphatic hydroxyl groups is 1. The van der Waals surface area contributed by atoms with Gasteiger partial charge in [-0.1, -0.05) is 42.5 Å². The summed E-state index contributed by atoms with van der Waals surface area (Å²) in [5.41, 5.74) is -2.26. The van der Waals surface area contributed by atoms with Crippen LogP contribution in [0.2, 0.25) is 0 Å². The Bertz CT molecular complexity index is 884. The number of halogens is 3. The van der Waals surface area contributed by atoms with Crippen LogP contribution in [0.5, 0.6) is 5.75 Å². The van der Waals surface area contributed by atoms with Gasteiger partial charge in [0.15, 0.2) is 0 Å². The molecule has 0 aliphatic carbocycles. The first kappa shape index (κ1) is 19.9. The molecule has 2 aromatic rings. The molecule has 3 rings (SSSR count). The Morgan fingerprint density at radius 3 is 2.57 bits per heavy atom. The fraction of sp³-hybridized carbons (Fsp3) is 0.300. The summed E-state index contributed by atoms with van der Waals surface area (Å²) in [6.07, 6.45) is -5.87. The van der Waals surface area contributed by atoms with E-state index in [-0.39, 0.29) is 23.6 Å². The Labute approximate surface area is 160 Å². The fourth-order valence-corrected chi connectivity index (χ4v) is 2.99. The van der Waals surface area contributed by atoms with E-state index in [0.29, 0.717) is 11.3 Å². The molecule has 0 radical (unpaired) electrons. The van der Waals surface area contributed by atoms with Gasteiger partial charge in [0.1, 0.15) is 5.75 Å². The number of amides is 1. The van der Waals surface area contributed by atoms with Crippen LogP contribution in [-0.2, 0) is 11.2 Å². The first-order chi connectivity index (χ1) is 13.2. The van der Waals surface area contributed by atoms with Crippen LogP contribution < -0.4 is 4.74 Å². The number of ether oxygens (including phenoxy) is 1. The maximum Gasteiger partial charge on any atom is 0.438 e. The first-order valence-corrected chi connectivity index (χ1v) is 8.62. The minimum atomic E-state index is -5.06. The molecule has 0 aromatic heterocycles. The van der Waals surface area contributed by atoms with E-state index >= 15 is 0 Å². The Balaban J connectivity index is 1.87. The predicted molar refractivity (Wildman–Crippen MR) is 96.8 cm³/mol. The summed E-state index contributed by atoms with van der Waals surface area (Å²) < 4.78 is 45.9. The van der Waals surface area contributed by atoms with Crippen molar-refractivity contribution in [2.24, 2.45) is 5.10 Å². The number of alkyl halides is 3. The average Bonchev–Trinajstić information content (AvgIpc) is 3.06. The van der Waals surface area contributed by atoms with Gasteiger partial charge in [-0.15, -0.1) is 0 Å². The third-order valence-corrected chi connectivity index (χ3v) is 4.55. The molecule has 1 N–H and O–H groups in total. The van der Waals surface area contributed by atoms with Crippen LogP contribution in [0.4, 0.5) is 13.2 Å². The van der Waals surface area contributed by atoms with Gasteiger partial charge in [-0.3, -0.25) is 4.79 Å². The third-order valence-electron chi connectivity index (χ3n) is 4.55. The number of methoxy groups -OCH3 is 1. The summed E-state index contributed by atoms with van der Waals surface area (Å²) in [6, 6.07) is 15.2. The van der Waals surface area contributed by atoms with Crippen molar-refractivity contribution in [3.63, 3.8) is 0 Å². The standard InChI is InChI=1S/C20H19F3N2O3/c1-28-16-9-5-8-15(12-16)17-13-19(27,20(21,22)23)25(24-17)18(26)11-10-14-6-3-2-4-7-14/h2-9,12,27H,10-11,13H2,1H3/t19-/m0/s1. The summed E-state index contributed by atoms with van der Waals surface area (Å²) in [6.45, 7) is 0. The SMILES string of the molecule is COc1cccc(C2=NN(C(=O)CCc3ccccc3)[C@@](O)(C(F)(F)F)C2)c1. The zero-order valence-electron chi connectivity index (χ0n) is 15.1. The largest absolute Gasteiger partial charge is 0.497 e. The van der Waals surface area contributed by atoms with E-state index in [0.717, 1.165) is 5.56 Å². The second-order valence-electron chi connectivity index (χ2n) is 6.46. The van der Waals surface area contributed by atoms with Crippen molar-refractivity contribution < 1.29 is 27.8 Å². The van der Waals surface area contributed by atoms with Gasteiger partial charge in [0.25, 0.3) is 5.72 Å². The van der Waals surface area contributed by atoms with Crippen LogP contribution in [0, 0.1) is 0 Å². The van der Waals surface area contributed by atoms with Gasteiger partial charge in [-0.25, -0.2) is 0 Å². The number of carbonyl (C=O) groups is 1. The molecule has 2 aromatic carbocycles. The normalized spacial score (nSPS) is 19.5. The van der Waals surface area contributed by atoms with Gasteiger partial charge in [-0.2, -0.15) is 23.3 Å². The minimum Gasteiger partial charge on any atom is -0.497 e. The van der Waals surface area contributed by atoms with Crippen molar-refractivity contribution in [2.75, 3.05) is 7.11 Å². The lowest BCUT2D eigenvalue weighted by atomic mass is 10.0. The molecule has 0 bridgehead atoms. The van der Waals surface area contributed by atoms with Gasteiger partial charge >= 0.3 is 6.18 Å². The van der Waals surface area contributed by atoms with E-state index in [4.69, 9.17) is 4.74 Å². The molecule has 0 saturated heterocycles. The number of hydrazone groups is 1. The lowest BCUT2D eigenvalue weighted by Gasteiger charge is -2.32. The molecule has 0 fully saturated rings. The zero-order chi connectivity index (χ0) is 20.4. The lowest BCUT2D eigenvalue weighted by molar-refractivity contribution is -0.302. The molecule has 1 aliphatic rings. The highest BCUT2D eigenvalue weighted by Crippen LogP contribution is 2.41. The minimum absolute atomic E-state index is 0.0354. The van der Waals surface area contributed by atoms with Crippen molar-refractivity contribution in [3.8, 4) is 5.75 Å². The molecule has 0 saturated carbocycles. The van der Waals surface area contributed by atoms with E-state index in [1.54, 1.807) is 48.5 Å². The molecule has 0 unspecified atom stereocenters. The molecule has 1 amide bonds. The fourth-order valence-electron chi connectivity index (χ4n) is 2.99. The van der Waals surface area contributed by atoms with Crippen molar-refractivity contribution in [2.45, 2.75) is 31.2 Å². The van der Waals surface area contributed by atoms with E-state index in [2.05, 4.69) is 5.10 Å². The molecule has 8 heteroatoms. The van der Waals surface area contributed by atoms with Crippen molar-refractivity contribution in [3.05, 3.63) is 65.7 Å². The zero-order valence-corrected chi connectivity index (χ0v) is 15.1. The van der Waals surface area contributed by atoms with Gasteiger partial charge in [0, 0.05) is 12.0 Å². The Morgan fingerprint density at radius 2 is 1.93 bits per heavy atom.